The van der Waals surface area contributed by atoms with Crippen LogP contribution in [-0.2, 0) is 4.74 Å². The number of hydrogen-bond acceptors (Lipinski definition) is 2. The van der Waals surface area contributed by atoms with E-state index in [1.54, 1.807) is 0 Å². The van der Waals surface area contributed by atoms with Crippen LogP contribution < -0.4 is 0 Å². The molecule has 0 N–H and O–H groups in total. The second-order valence-electron chi connectivity index (χ2n) is 4.30. The van der Waals surface area contributed by atoms with Gasteiger partial charge in [0.1, 0.15) is 0 Å². The van der Waals surface area contributed by atoms with E-state index >= 15 is 0 Å². The minimum atomic E-state index is 0.816. The van der Waals surface area contributed by atoms with Gasteiger partial charge in [0, 0.05) is 32.5 Å². The maximum atomic E-state index is 5.36. The lowest BCUT2D eigenvalue weighted by Crippen LogP contribution is -2.19. The van der Waals surface area contributed by atoms with E-state index in [9.17, 15) is 0 Å². The highest BCUT2D eigenvalue weighted by atomic mass is 16.5. The van der Waals surface area contributed by atoms with Crippen molar-refractivity contribution in [2.75, 3.05) is 26.8 Å². The number of rotatable bonds is 7. The standard InChI is InChI=1S/C15H25NO/c1-4-14-8-6-9-15(11-10-14)16(3)12-7-13-17-5-2/h8-11H,4-7,12-13H2,1-3H3. The van der Waals surface area contributed by atoms with Gasteiger partial charge in [-0.25, -0.2) is 0 Å². The Morgan fingerprint density at radius 1 is 1.24 bits per heavy atom. The fourth-order valence-electron chi connectivity index (χ4n) is 1.88. The van der Waals surface area contributed by atoms with Crippen molar-refractivity contribution in [3.8, 4) is 0 Å². The van der Waals surface area contributed by atoms with Crippen LogP contribution in [0.25, 0.3) is 0 Å². The normalized spacial score (nSPS) is 15.2. The number of allylic oxidation sites excluding steroid dienone is 5. The molecule has 0 radical (unpaired) electrons. The summed E-state index contributed by atoms with van der Waals surface area (Å²) in [5.41, 5.74) is 2.75. The Hall–Kier alpha value is -1.02. The third kappa shape index (κ3) is 5.22. The van der Waals surface area contributed by atoms with Gasteiger partial charge in [-0.1, -0.05) is 30.7 Å². The lowest BCUT2D eigenvalue weighted by Gasteiger charge is -2.20. The van der Waals surface area contributed by atoms with E-state index in [-0.39, 0.29) is 0 Å². The monoisotopic (exact) mass is 235 g/mol. The van der Waals surface area contributed by atoms with Gasteiger partial charge in [-0.2, -0.15) is 0 Å². The number of nitrogens with zero attached hydrogens (tertiary/aromatic N) is 1. The van der Waals surface area contributed by atoms with Gasteiger partial charge in [0.15, 0.2) is 0 Å². The van der Waals surface area contributed by atoms with Crippen LogP contribution in [0.2, 0.25) is 0 Å². The maximum Gasteiger partial charge on any atom is 0.0482 e. The minimum absolute atomic E-state index is 0.816. The fraction of sp³-hybridized carbons (Fsp3) is 0.600. The average molecular weight is 235 g/mol. The molecule has 0 fully saturated rings. The van der Waals surface area contributed by atoms with Crippen LogP contribution in [-0.4, -0.2) is 31.7 Å². The molecular formula is C15H25NO. The third-order valence-electron chi connectivity index (χ3n) is 3.01. The van der Waals surface area contributed by atoms with E-state index in [1.165, 1.54) is 11.3 Å². The molecule has 17 heavy (non-hydrogen) atoms. The molecule has 0 spiro atoms. The van der Waals surface area contributed by atoms with Crippen LogP contribution in [0.4, 0.5) is 0 Å². The van der Waals surface area contributed by atoms with Crippen molar-refractivity contribution in [2.45, 2.75) is 33.1 Å². The SMILES string of the molecule is CCOCCCN(C)C1=CCC=C(CC)C=C1. The highest BCUT2D eigenvalue weighted by Gasteiger charge is 2.03. The van der Waals surface area contributed by atoms with E-state index in [4.69, 9.17) is 4.74 Å². The van der Waals surface area contributed by atoms with E-state index in [0.29, 0.717) is 0 Å². The Morgan fingerprint density at radius 3 is 2.76 bits per heavy atom. The molecule has 0 heterocycles. The zero-order chi connectivity index (χ0) is 12.5. The Balaban J connectivity index is 2.37. The zero-order valence-corrected chi connectivity index (χ0v) is 11.4. The maximum absolute atomic E-state index is 5.36. The molecule has 0 aromatic heterocycles. The third-order valence-corrected chi connectivity index (χ3v) is 3.01. The van der Waals surface area contributed by atoms with Gasteiger partial charge < -0.3 is 9.64 Å². The molecule has 0 aliphatic heterocycles. The van der Waals surface area contributed by atoms with E-state index < -0.39 is 0 Å². The summed E-state index contributed by atoms with van der Waals surface area (Å²) in [7, 11) is 2.15. The highest BCUT2D eigenvalue weighted by Crippen LogP contribution is 2.15. The summed E-state index contributed by atoms with van der Waals surface area (Å²) in [6.07, 6.45) is 12.3. The summed E-state index contributed by atoms with van der Waals surface area (Å²) in [5, 5.41) is 0. The summed E-state index contributed by atoms with van der Waals surface area (Å²) in [4.78, 5) is 2.31. The van der Waals surface area contributed by atoms with Gasteiger partial charge in [0.05, 0.1) is 0 Å². The van der Waals surface area contributed by atoms with Crippen LogP contribution in [0.15, 0.2) is 35.6 Å². The molecule has 0 aromatic carbocycles. The van der Waals surface area contributed by atoms with Gasteiger partial charge >= 0.3 is 0 Å². The first-order chi connectivity index (χ1) is 8.27. The van der Waals surface area contributed by atoms with E-state index in [0.717, 1.165) is 39.0 Å². The highest BCUT2D eigenvalue weighted by molar-refractivity contribution is 5.31. The molecule has 2 nitrogen and oxygen atoms in total. The summed E-state index contributed by atoms with van der Waals surface area (Å²) in [5.74, 6) is 0. The van der Waals surface area contributed by atoms with Crippen LogP contribution in [0.3, 0.4) is 0 Å². The fourth-order valence-corrected chi connectivity index (χ4v) is 1.88. The first-order valence-electron chi connectivity index (χ1n) is 6.64. The molecule has 96 valence electrons. The van der Waals surface area contributed by atoms with Gasteiger partial charge in [-0.3, -0.25) is 0 Å². The largest absolute Gasteiger partial charge is 0.382 e. The van der Waals surface area contributed by atoms with Gasteiger partial charge in [-0.15, -0.1) is 0 Å². The molecule has 0 amide bonds. The second kappa shape index (κ2) is 8.13. The van der Waals surface area contributed by atoms with Gasteiger partial charge in [0.25, 0.3) is 0 Å². The molecule has 1 aliphatic carbocycles. The summed E-state index contributed by atoms with van der Waals surface area (Å²) in [6.45, 7) is 6.97. The molecular weight excluding hydrogens is 210 g/mol. The van der Waals surface area contributed by atoms with Crippen molar-refractivity contribution in [3.63, 3.8) is 0 Å². The predicted octanol–water partition coefficient (Wildman–Crippen LogP) is 3.53. The molecule has 0 atom stereocenters. The van der Waals surface area contributed by atoms with Crippen molar-refractivity contribution in [3.05, 3.63) is 35.6 Å². The number of ether oxygens (including phenoxy) is 1. The molecule has 0 saturated carbocycles. The summed E-state index contributed by atoms with van der Waals surface area (Å²) in [6, 6.07) is 0. The Kier molecular flexibility index (Phi) is 6.71. The van der Waals surface area contributed by atoms with Crippen LogP contribution in [0, 0.1) is 0 Å². The van der Waals surface area contributed by atoms with Crippen LogP contribution >= 0.6 is 0 Å². The first kappa shape index (κ1) is 14.0. The van der Waals surface area contributed by atoms with Gasteiger partial charge in [0.2, 0.25) is 0 Å². The van der Waals surface area contributed by atoms with Crippen molar-refractivity contribution >= 4 is 0 Å². The average Bonchev–Trinajstić information content (AvgIpc) is 2.59. The van der Waals surface area contributed by atoms with Crippen LogP contribution in [0.5, 0.6) is 0 Å². The molecule has 0 unspecified atom stereocenters. The smallest absolute Gasteiger partial charge is 0.0482 e. The Labute approximate surface area is 106 Å². The lowest BCUT2D eigenvalue weighted by molar-refractivity contribution is 0.139. The van der Waals surface area contributed by atoms with Crippen molar-refractivity contribution in [1.82, 2.24) is 4.90 Å². The van der Waals surface area contributed by atoms with Crippen LogP contribution in [0.1, 0.15) is 33.1 Å². The van der Waals surface area contributed by atoms with Crippen molar-refractivity contribution < 1.29 is 4.74 Å². The molecule has 1 rings (SSSR count). The minimum Gasteiger partial charge on any atom is -0.382 e. The van der Waals surface area contributed by atoms with Crippen molar-refractivity contribution in [1.29, 1.82) is 0 Å². The van der Waals surface area contributed by atoms with Gasteiger partial charge in [-0.05, 0) is 32.3 Å². The summed E-state index contributed by atoms with van der Waals surface area (Å²) >= 11 is 0. The van der Waals surface area contributed by atoms with Crippen molar-refractivity contribution in [2.24, 2.45) is 0 Å². The lowest BCUT2D eigenvalue weighted by atomic mass is 10.2. The number of likely N-dealkylation sites (N-methyl/N-ethyl adjacent to an activating group) is 1. The number of hydrogen-bond donors (Lipinski definition) is 0. The summed E-state index contributed by atoms with van der Waals surface area (Å²) < 4.78 is 5.36. The molecule has 2 heteroatoms. The molecule has 1 aliphatic rings. The molecule has 0 bridgehead atoms. The quantitative estimate of drug-likeness (QED) is 0.626. The van der Waals surface area contributed by atoms with E-state index in [1.807, 2.05) is 6.92 Å². The predicted molar refractivity (Wildman–Crippen MR) is 74.0 cm³/mol. The van der Waals surface area contributed by atoms with E-state index in [2.05, 4.69) is 43.2 Å². The topological polar surface area (TPSA) is 12.5 Å². The first-order valence-corrected chi connectivity index (χ1v) is 6.64. The second-order valence-corrected chi connectivity index (χ2v) is 4.30. The molecule has 0 aromatic rings. The Morgan fingerprint density at radius 2 is 2.06 bits per heavy atom. The molecule has 0 saturated heterocycles. The Bertz CT molecular complexity index is 302. The zero-order valence-electron chi connectivity index (χ0n) is 11.4.